The van der Waals surface area contributed by atoms with E-state index in [1.807, 2.05) is 62.9 Å². The van der Waals surface area contributed by atoms with Crippen LogP contribution in [0.3, 0.4) is 0 Å². The SMILES string of the molecule is CCOC(=O)C1COC(N(Cc2cc(Cl)cc(C(F)(F)F)c2)[C@H]2C[C@@H](CC)N(C(=O)OC(C)(C)C)[C@@H](Cc3ccccc3)C2)=N1. The van der Waals surface area contributed by atoms with E-state index in [4.69, 9.17) is 25.8 Å². The van der Waals surface area contributed by atoms with E-state index in [9.17, 15) is 22.8 Å². The summed E-state index contributed by atoms with van der Waals surface area (Å²) in [7, 11) is 0. The molecule has 1 amide bonds. The molecule has 0 N–H and O–H groups in total. The second-order valence-corrected chi connectivity index (χ2v) is 12.8. The number of piperidine rings is 1. The minimum Gasteiger partial charge on any atom is -0.464 e. The van der Waals surface area contributed by atoms with Crippen molar-refractivity contribution < 1.29 is 37.0 Å². The lowest BCUT2D eigenvalue weighted by Crippen LogP contribution is -2.58. The van der Waals surface area contributed by atoms with Gasteiger partial charge in [0.2, 0.25) is 0 Å². The van der Waals surface area contributed by atoms with Crippen molar-refractivity contribution in [3.63, 3.8) is 0 Å². The number of nitrogens with zero attached hydrogens (tertiary/aromatic N) is 3. The number of carbonyl (C=O) groups is 2. The number of hydrogen-bond acceptors (Lipinski definition) is 7. The van der Waals surface area contributed by atoms with Crippen LogP contribution in [0.2, 0.25) is 5.02 Å². The van der Waals surface area contributed by atoms with E-state index < -0.39 is 35.4 Å². The molecule has 2 aliphatic rings. The van der Waals surface area contributed by atoms with Crippen molar-refractivity contribution >= 4 is 29.7 Å². The first kappa shape index (κ1) is 34.4. The monoisotopic (exact) mass is 651 g/mol. The van der Waals surface area contributed by atoms with Gasteiger partial charge in [-0.15, -0.1) is 0 Å². The highest BCUT2D eigenvalue weighted by atomic mass is 35.5. The van der Waals surface area contributed by atoms with Gasteiger partial charge in [-0.1, -0.05) is 48.9 Å². The van der Waals surface area contributed by atoms with Crippen molar-refractivity contribution in [1.82, 2.24) is 9.80 Å². The number of amidine groups is 1. The molecule has 1 fully saturated rings. The molecular weight excluding hydrogens is 611 g/mol. The zero-order valence-electron chi connectivity index (χ0n) is 26.3. The molecule has 2 heterocycles. The number of likely N-dealkylation sites (tertiary alicyclic amines) is 1. The quantitative estimate of drug-likeness (QED) is 0.280. The highest BCUT2D eigenvalue weighted by Gasteiger charge is 2.44. The number of rotatable bonds is 8. The molecule has 246 valence electrons. The average Bonchev–Trinajstić information content (AvgIpc) is 3.45. The zero-order valence-corrected chi connectivity index (χ0v) is 27.0. The Balaban J connectivity index is 1.74. The Morgan fingerprint density at radius 3 is 2.36 bits per heavy atom. The number of amides is 1. The zero-order chi connectivity index (χ0) is 32.9. The fourth-order valence-corrected chi connectivity index (χ4v) is 6.14. The number of ether oxygens (including phenoxy) is 3. The molecule has 0 radical (unpaired) electrons. The molecule has 1 unspecified atom stereocenters. The molecule has 2 aromatic rings. The molecule has 45 heavy (non-hydrogen) atoms. The van der Waals surface area contributed by atoms with Gasteiger partial charge in [0.15, 0.2) is 6.04 Å². The summed E-state index contributed by atoms with van der Waals surface area (Å²) in [5.41, 5.74) is -0.230. The highest BCUT2D eigenvalue weighted by molar-refractivity contribution is 6.30. The standard InChI is InChI=1S/C33H41ClF3N3O5/c1-6-25-17-26(18-27(15-21-11-9-8-10-12-21)40(25)31(42)45-32(3,4)5)39(30-38-28(20-44-30)29(41)43-7-2)19-22-13-23(33(35,36)37)16-24(34)14-22/h8-14,16,25-28H,6-7,15,17-20H2,1-5H3/t25-,26+,27+,28?/m1/s1. The van der Waals surface area contributed by atoms with Gasteiger partial charge in [0, 0.05) is 29.7 Å². The van der Waals surface area contributed by atoms with Gasteiger partial charge < -0.3 is 24.0 Å². The normalized spacial score (nSPS) is 22.0. The number of esters is 1. The summed E-state index contributed by atoms with van der Waals surface area (Å²) in [6, 6.07) is 11.6. The molecule has 0 bridgehead atoms. The van der Waals surface area contributed by atoms with E-state index in [0.29, 0.717) is 31.2 Å². The molecule has 2 aliphatic heterocycles. The first-order chi connectivity index (χ1) is 21.2. The van der Waals surface area contributed by atoms with Crippen LogP contribution in [0.4, 0.5) is 18.0 Å². The van der Waals surface area contributed by atoms with Crippen LogP contribution in [0.15, 0.2) is 53.5 Å². The molecule has 4 rings (SSSR count). The highest BCUT2D eigenvalue weighted by Crippen LogP contribution is 2.36. The maximum absolute atomic E-state index is 13.7. The average molecular weight is 652 g/mol. The lowest BCUT2D eigenvalue weighted by molar-refractivity contribution is -0.144. The summed E-state index contributed by atoms with van der Waals surface area (Å²) < 4.78 is 58.1. The predicted molar refractivity (Wildman–Crippen MR) is 165 cm³/mol. The Morgan fingerprint density at radius 1 is 1.04 bits per heavy atom. The van der Waals surface area contributed by atoms with E-state index in [-0.39, 0.29) is 48.9 Å². The van der Waals surface area contributed by atoms with Crippen LogP contribution < -0.4 is 0 Å². The molecule has 2 aromatic carbocycles. The molecule has 8 nitrogen and oxygen atoms in total. The Hall–Kier alpha value is -3.47. The third-order valence-corrected chi connectivity index (χ3v) is 8.00. The predicted octanol–water partition coefficient (Wildman–Crippen LogP) is 7.27. The third-order valence-electron chi connectivity index (χ3n) is 7.78. The van der Waals surface area contributed by atoms with Crippen LogP contribution in [0.5, 0.6) is 0 Å². The molecule has 1 saturated heterocycles. The number of benzene rings is 2. The van der Waals surface area contributed by atoms with Crippen molar-refractivity contribution in [2.75, 3.05) is 13.2 Å². The van der Waals surface area contributed by atoms with Crippen LogP contribution in [0.25, 0.3) is 0 Å². The van der Waals surface area contributed by atoms with Crippen LogP contribution in [0.1, 0.15) is 70.6 Å². The molecule has 0 aliphatic carbocycles. The van der Waals surface area contributed by atoms with E-state index >= 15 is 0 Å². The van der Waals surface area contributed by atoms with E-state index in [0.717, 1.165) is 17.7 Å². The Kier molecular flexibility index (Phi) is 10.9. The van der Waals surface area contributed by atoms with Crippen molar-refractivity contribution in [2.24, 2.45) is 4.99 Å². The van der Waals surface area contributed by atoms with Gasteiger partial charge >= 0.3 is 18.2 Å². The first-order valence-corrected chi connectivity index (χ1v) is 15.6. The number of carbonyl (C=O) groups excluding carboxylic acids is 2. The lowest BCUT2D eigenvalue weighted by Gasteiger charge is -2.48. The van der Waals surface area contributed by atoms with E-state index in [2.05, 4.69) is 4.99 Å². The summed E-state index contributed by atoms with van der Waals surface area (Å²) >= 11 is 6.15. The minimum atomic E-state index is -4.59. The molecular formula is C33H41ClF3N3O5. The molecule has 4 atom stereocenters. The van der Waals surface area contributed by atoms with E-state index in [1.54, 1.807) is 11.8 Å². The van der Waals surface area contributed by atoms with Crippen LogP contribution in [-0.2, 0) is 38.1 Å². The van der Waals surface area contributed by atoms with Gasteiger partial charge in [-0.25, -0.2) is 14.6 Å². The second kappa shape index (κ2) is 14.3. The fourth-order valence-electron chi connectivity index (χ4n) is 5.88. The van der Waals surface area contributed by atoms with Gasteiger partial charge in [-0.2, -0.15) is 13.2 Å². The van der Waals surface area contributed by atoms with Crippen molar-refractivity contribution in [3.05, 3.63) is 70.2 Å². The van der Waals surface area contributed by atoms with Crippen LogP contribution in [-0.4, -0.2) is 70.9 Å². The maximum Gasteiger partial charge on any atom is 0.416 e. The topological polar surface area (TPSA) is 80.7 Å². The number of alkyl halides is 3. The maximum atomic E-state index is 13.7. The third kappa shape index (κ3) is 9.05. The smallest absolute Gasteiger partial charge is 0.416 e. The van der Waals surface area contributed by atoms with Gasteiger partial charge in [0.1, 0.15) is 12.2 Å². The van der Waals surface area contributed by atoms with Crippen LogP contribution >= 0.6 is 11.6 Å². The van der Waals surface area contributed by atoms with Crippen LogP contribution in [0, 0.1) is 0 Å². The number of aliphatic imine (C=N–C) groups is 1. The van der Waals surface area contributed by atoms with E-state index in [1.165, 1.54) is 6.07 Å². The summed E-state index contributed by atoms with van der Waals surface area (Å²) in [6.45, 7) is 9.26. The summed E-state index contributed by atoms with van der Waals surface area (Å²) in [5, 5.41) is -0.0495. The molecule has 0 spiro atoms. The lowest BCUT2D eigenvalue weighted by atomic mass is 9.86. The van der Waals surface area contributed by atoms with Crippen molar-refractivity contribution in [3.8, 4) is 0 Å². The first-order valence-electron chi connectivity index (χ1n) is 15.2. The molecule has 0 aromatic heterocycles. The fraction of sp³-hybridized carbons (Fsp3) is 0.545. The second-order valence-electron chi connectivity index (χ2n) is 12.4. The molecule has 12 heteroatoms. The largest absolute Gasteiger partial charge is 0.464 e. The van der Waals surface area contributed by atoms with Crippen molar-refractivity contribution in [1.29, 1.82) is 0 Å². The van der Waals surface area contributed by atoms with Gasteiger partial charge in [-0.05, 0) is 82.7 Å². The summed E-state index contributed by atoms with van der Waals surface area (Å²) in [5.74, 6) is -0.539. The Morgan fingerprint density at radius 2 is 1.73 bits per heavy atom. The minimum absolute atomic E-state index is 0.0103. The molecule has 0 saturated carbocycles. The Labute approximate surface area is 267 Å². The van der Waals surface area contributed by atoms with Gasteiger partial charge in [0.25, 0.3) is 6.02 Å². The Bertz CT molecular complexity index is 1370. The van der Waals surface area contributed by atoms with Gasteiger partial charge in [0.05, 0.1) is 12.2 Å². The summed E-state index contributed by atoms with van der Waals surface area (Å²) in [4.78, 5) is 34.3. The van der Waals surface area contributed by atoms with Gasteiger partial charge in [-0.3, -0.25) is 0 Å². The van der Waals surface area contributed by atoms with Crippen molar-refractivity contribution in [2.45, 2.75) is 103 Å². The number of halogens is 4. The summed E-state index contributed by atoms with van der Waals surface area (Å²) in [6.07, 6.45) is -2.93. The number of hydrogen-bond donors (Lipinski definition) is 0.